The molecule has 2 aliphatic carbocycles. The van der Waals surface area contributed by atoms with Crippen molar-refractivity contribution in [3.05, 3.63) is 0 Å². The van der Waals surface area contributed by atoms with E-state index < -0.39 is 0 Å². The molecule has 2 N–H and O–H groups in total. The monoisotopic (exact) mass is 309 g/mol. The Morgan fingerprint density at radius 3 is 2.86 bits per heavy atom. The molecule has 0 amide bonds. The minimum absolute atomic E-state index is 0.372. The van der Waals surface area contributed by atoms with Crippen LogP contribution in [0, 0.1) is 11.3 Å². The molecule has 1 aliphatic heterocycles. The highest BCUT2D eigenvalue weighted by atomic mass is 16.5. The summed E-state index contributed by atoms with van der Waals surface area (Å²) in [6.07, 6.45) is 7.02. The molecule has 3 unspecified atom stereocenters. The number of hydrogen-bond donors (Lipinski definition) is 2. The molecule has 126 valence electrons. The lowest BCUT2D eigenvalue weighted by Gasteiger charge is -2.57. The van der Waals surface area contributed by atoms with Crippen LogP contribution in [0.4, 0.5) is 0 Å². The summed E-state index contributed by atoms with van der Waals surface area (Å²) >= 11 is 0. The average Bonchev–Trinajstić information content (AvgIpc) is 3.16. The van der Waals surface area contributed by atoms with Gasteiger partial charge in [-0.25, -0.2) is 0 Å². The molecule has 3 fully saturated rings. The Bertz CT molecular complexity index is 393. The SMILES string of the molecule is CCNC(=NCCOCC)NC1C2CCOC2C12CCCC2. The van der Waals surface area contributed by atoms with Crippen molar-refractivity contribution in [2.24, 2.45) is 16.3 Å². The minimum Gasteiger partial charge on any atom is -0.380 e. The van der Waals surface area contributed by atoms with Gasteiger partial charge in [-0.2, -0.15) is 0 Å². The summed E-state index contributed by atoms with van der Waals surface area (Å²) in [5, 5.41) is 7.13. The van der Waals surface area contributed by atoms with E-state index in [1.54, 1.807) is 0 Å². The number of nitrogens with zero attached hydrogens (tertiary/aromatic N) is 1. The predicted molar refractivity (Wildman–Crippen MR) is 88.1 cm³/mol. The van der Waals surface area contributed by atoms with Gasteiger partial charge >= 0.3 is 0 Å². The van der Waals surface area contributed by atoms with Crippen LogP contribution in [0.3, 0.4) is 0 Å². The standard InChI is InChI=1S/C17H31N3O2/c1-3-18-16(19-10-12-21-4-2)20-14-13-7-11-22-15(13)17(14)8-5-6-9-17/h13-15H,3-12H2,1-2H3,(H2,18,19,20). The van der Waals surface area contributed by atoms with E-state index in [9.17, 15) is 0 Å². The van der Waals surface area contributed by atoms with Crippen molar-refractivity contribution >= 4 is 5.96 Å². The molecule has 3 rings (SSSR count). The van der Waals surface area contributed by atoms with Gasteiger partial charge in [-0.05, 0) is 33.1 Å². The molecule has 0 aromatic carbocycles. The zero-order valence-corrected chi connectivity index (χ0v) is 14.1. The fourth-order valence-corrected chi connectivity index (χ4v) is 4.74. The van der Waals surface area contributed by atoms with E-state index >= 15 is 0 Å². The van der Waals surface area contributed by atoms with Crippen LogP contribution in [0.25, 0.3) is 0 Å². The van der Waals surface area contributed by atoms with Crippen molar-refractivity contribution < 1.29 is 9.47 Å². The Labute approximate surface area is 134 Å². The Kier molecular flexibility index (Phi) is 5.24. The molecule has 22 heavy (non-hydrogen) atoms. The van der Waals surface area contributed by atoms with Gasteiger partial charge in [-0.1, -0.05) is 12.8 Å². The van der Waals surface area contributed by atoms with Crippen LogP contribution in [0.15, 0.2) is 4.99 Å². The van der Waals surface area contributed by atoms with Crippen LogP contribution in [-0.4, -0.2) is 51.0 Å². The van der Waals surface area contributed by atoms with E-state index in [1.807, 2.05) is 6.92 Å². The molecule has 2 saturated carbocycles. The molecule has 0 bridgehead atoms. The number of nitrogens with one attached hydrogen (secondary N) is 2. The molecule has 3 aliphatic rings. The van der Waals surface area contributed by atoms with Gasteiger partial charge in [-0.15, -0.1) is 0 Å². The normalized spacial score (nSPS) is 32.8. The highest BCUT2D eigenvalue weighted by Crippen LogP contribution is 2.60. The van der Waals surface area contributed by atoms with Crippen molar-refractivity contribution in [2.45, 2.75) is 58.1 Å². The second-order valence-electron chi connectivity index (χ2n) is 6.76. The maximum absolute atomic E-state index is 6.05. The fourth-order valence-electron chi connectivity index (χ4n) is 4.74. The first-order chi connectivity index (χ1) is 10.8. The predicted octanol–water partition coefficient (Wildman–Crippen LogP) is 1.93. The van der Waals surface area contributed by atoms with Gasteiger partial charge in [-0.3, -0.25) is 4.99 Å². The summed E-state index contributed by atoms with van der Waals surface area (Å²) in [6, 6.07) is 0.535. The summed E-state index contributed by atoms with van der Waals surface area (Å²) in [6.45, 7) is 8.13. The molecule has 5 heteroatoms. The number of guanidine groups is 1. The lowest BCUT2D eigenvalue weighted by molar-refractivity contribution is -0.125. The minimum atomic E-state index is 0.372. The third-order valence-corrected chi connectivity index (χ3v) is 5.63. The average molecular weight is 309 g/mol. The van der Waals surface area contributed by atoms with E-state index in [4.69, 9.17) is 9.47 Å². The van der Waals surface area contributed by atoms with Crippen molar-refractivity contribution in [3.8, 4) is 0 Å². The van der Waals surface area contributed by atoms with E-state index in [-0.39, 0.29) is 0 Å². The lowest BCUT2D eigenvalue weighted by Crippen LogP contribution is -2.69. The molecule has 1 spiro atoms. The first kappa shape index (κ1) is 16.1. The van der Waals surface area contributed by atoms with Crippen LogP contribution >= 0.6 is 0 Å². The van der Waals surface area contributed by atoms with Gasteiger partial charge in [0.05, 0.1) is 19.3 Å². The Balaban J connectivity index is 1.63. The zero-order valence-electron chi connectivity index (χ0n) is 14.1. The molecule has 0 aromatic rings. The van der Waals surface area contributed by atoms with Gasteiger partial charge in [0.1, 0.15) is 0 Å². The summed E-state index contributed by atoms with van der Waals surface area (Å²) in [4.78, 5) is 4.67. The van der Waals surface area contributed by atoms with Crippen molar-refractivity contribution in [3.63, 3.8) is 0 Å². The molecule has 0 radical (unpaired) electrons. The molecule has 0 aromatic heterocycles. The fraction of sp³-hybridized carbons (Fsp3) is 0.941. The number of aliphatic imine (C=N–C) groups is 1. The van der Waals surface area contributed by atoms with E-state index in [0.29, 0.717) is 36.6 Å². The summed E-state index contributed by atoms with van der Waals surface area (Å²) < 4.78 is 11.4. The van der Waals surface area contributed by atoms with Crippen molar-refractivity contribution in [1.82, 2.24) is 10.6 Å². The van der Waals surface area contributed by atoms with E-state index in [0.717, 1.165) is 25.7 Å². The number of hydrogen-bond acceptors (Lipinski definition) is 3. The maximum atomic E-state index is 6.05. The lowest BCUT2D eigenvalue weighted by atomic mass is 9.54. The highest BCUT2D eigenvalue weighted by molar-refractivity contribution is 5.80. The molecule has 3 atom stereocenters. The van der Waals surface area contributed by atoms with Crippen molar-refractivity contribution in [2.75, 3.05) is 32.9 Å². The van der Waals surface area contributed by atoms with Gasteiger partial charge in [0.2, 0.25) is 0 Å². The number of fused-ring (bicyclic) bond motifs is 2. The number of rotatable bonds is 6. The third-order valence-electron chi connectivity index (χ3n) is 5.63. The van der Waals surface area contributed by atoms with Gasteiger partial charge in [0.15, 0.2) is 5.96 Å². The zero-order chi connectivity index (χ0) is 15.4. The Morgan fingerprint density at radius 2 is 2.14 bits per heavy atom. The number of ether oxygens (including phenoxy) is 2. The van der Waals surface area contributed by atoms with Crippen LogP contribution in [-0.2, 0) is 9.47 Å². The highest BCUT2D eigenvalue weighted by Gasteiger charge is 2.65. The Hall–Kier alpha value is -0.810. The van der Waals surface area contributed by atoms with Crippen LogP contribution < -0.4 is 10.6 Å². The molecule has 1 heterocycles. The van der Waals surface area contributed by atoms with E-state index in [2.05, 4.69) is 22.5 Å². The van der Waals surface area contributed by atoms with Crippen LogP contribution in [0.2, 0.25) is 0 Å². The first-order valence-corrected chi connectivity index (χ1v) is 9.06. The van der Waals surface area contributed by atoms with Gasteiger partial charge in [0, 0.05) is 37.1 Å². The van der Waals surface area contributed by atoms with E-state index in [1.165, 1.54) is 32.1 Å². The van der Waals surface area contributed by atoms with Crippen molar-refractivity contribution in [1.29, 1.82) is 0 Å². The quantitative estimate of drug-likeness (QED) is 0.447. The second-order valence-corrected chi connectivity index (χ2v) is 6.76. The first-order valence-electron chi connectivity index (χ1n) is 9.06. The topological polar surface area (TPSA) is 54.9 Å². The molecule has 5 nitrogen and oxygen atoms in total. The van der Waals surface area contributed by atoms with Crippen LogP contribution in [0.1, 0.15) is 46.0 Å². The second kappa shape index (κ2) is 7.18. The summed E-state index contributed by atoms with van der Waals surface area (Å²) in [5.41, 5.74) is 0.372. The molecule has 1 saturated heterocycles. The molecular formula is C17H31N3O2. The van der Waals surface area contributed by atoms with Crippen LogP contribution in [0.5, 0.6) is 0 Å². The Morgan fingerprint density at radius 1 is 1.32 bits per heavy atom. The largest absolute Gasteiger partial charge is 0.380 e. The summed E-state index contributed by atoms with van der Waals surface area (Å²) in [5.74, 6) is 1.62. The third kappa shape index (κ3) is 2.85. The van der Waals surface area contributed by atoms with Gasteiger partial charge in [0.25, 0.3) is 0 Å². The smallest absolute Gasteiger partial charge is 0.191 e. The maximum Gasteiger partial charge on any atom is 0.191 e. The molecular weight excluding hydrogens is 278 g/mol. The summed E-state index contributed by atoms with van der Waals surface area (Å²) in [7, 11) is 0. The van der Waals surface area contributed by atoms with Gasteiger partial charge < -0.3 is 20.1 Å².